The molecule has 4 rings (SSSR count). The summed E-state index contributed by atoms with van der Waals surface area (Å²) in [6.45, 7) is 0. The molecule has 30 heavy (non-hydrogen) atoms. The van der Waals surface area contributed by atoms with Gasteiger partial charge in [-0.25, -0.2) is 23.5 Å². The van der Waals surface area contributed by atoms with Gasteiger partial charge in [-0.1, -0.05) is 24.3 Å². The lowest BCUT2D eigenvalue weighted by Gasteiger charge is -2.08. The van der Waals surface area contributed by atoms with Crippen LogP contribution in [-0.2, 0) is 10.0 Å². The number of anilines is 2. The molecule has 5 N–H and O–H groups in total. The van der Waals surface area contributed by atoms with Gasteiger partial charge in [0.2, 0.25) is 21.9 Å². The van der Waals surface area contributed by atoms with Crippen LogP contribution in [0, 0.1) is 0 Å². The molecule has 0 saturated heterocycles. The van der Waals surface area contributed by atoms with E-state index >= 15 is 0 Å². The summed E-state index contributed by atoms with van der Waals surface area (Å²) >= 11 is 0. The highest BCUT2D eigenvalue weighted by molar-refractivity contribution is 7.89. The van der Waals surface area contributed by atoms with Gasteiger partial charge in [0, 0.05) is 22.8 Å². The molecule has 1 amide bonds. The maximum atomic E-state index is 11.4. The third-order valence-corrected chi connectivity index (χ3v) is 5.45. The van der Waals surface area contributed by atoms with Crippen LogP contribution in [0.5, 0.6) is 0 Å². The zero-order valence-electron chi connectivity index (χ0n) is 15.6. The van der Waals surface area contributed by atoms with Crippen molar-refractivity contribution in [1.29, 1.82) is 0 Å². The number of carbonyl (C=O) groups excluding carboxylic acids is 1. The van der Waals surface area contributed by atoms with Crippen LogP contribution in [-0.4, -0.2) is 24.3 Å². The molecule has 0 aliphatic heterocycles. The summed E-state index contributed by atoms with van der Waals surface area (Å²) in [4.78, 5) is 20.1. The number of fused-ring (bicyclic) bond motifs is 1. The SMILES string of the molecule is NC(=O)c1ccc(-c2ccc3cnc(Nc4ccc(S(N)(=O)=O)cc4)nc3c2)cc1. The van der Waals surface area contributed by atoms with E-state index in [1.807, 2.05) is 30.3 Å². The summed E-state index contributed by atoms with van der Waals surface area (Å²) in [5.41, 5.74) is 8.94. The van der Waals surface area contributed by atoms with Crippen molar-refractivity contribution < 1.29 is 13.2 Å². The fourth-order valence-electron chi connectivity index (χ4n) is 2.95. The number of hydrogen-bond donors (Lipinski definition) is 3. The zero-order chi connectivity index (χ0) is 21.3. The normalized spacial score (nSPS) is 11.4. The first-order valence-electron chi connectivity index (χ1n) is 8.86. The minimum Gasteiger partial charge on any atom is -0.366 e. The van der Waals surface area contributed by atoms with Crippen LogP contribution in [0.25, 0.3) is 22.0 Å². The van der Waals surface area contributed by atoms with Crippen molar-refractivity contribution in [3.05, 3.63) is 78.5 Å². The first-order chi connectivity index (χ1) is 14.3. The fraction of sp³-hybridized carbons (Fsp3) is 0. The Kier molecular flexibility index (Phi) is 4.90. The third kappa shape index (κ3) is 4.12. The Labute approximate surface area is 172 Å². The van der Waals surface area contributed by atoms with Crippen LogP contribution >= 0.6 is 0 Å². The molecule has 150 valence electrons. The molecular weight excluding hydrogens is 402 g/mol. The van der Waals surface area contributed by atoms with Crippen molar-refractivity contribution in [2.24, 2.45) is 10.9 Å². The summed E-state index contributed by atoms with van der Waals surface area (Å²) in [5, 5.41) is 9.02. The molecule has 4 aromatic rings. The first-order valence-corrected chi connectivity index (χ1v) is 10.4. The van der Waals surface area contributed by atoms with Crippen molar-refractivity contribution in [3.63, 3.8) is 0 Å². The number of nitrogens with two attached hydrogens (primary N) is 2. The van der Waals surface area contributed by atoms with E-state index < -0.39 is 15.9 Å². The van der Waals surface area contributed by atoms with Crippen LogP contribution in [0.2, 0.25) is 0 Å². The minimum absolute atomic E-state index is 0.0273. The van der Waals surface area contributed by atoms with Gasteiger partial charge in [0.05, 0.1) is 10.4 Å². The van der Waals surface area contributed by atoms with Crippen LogP contribution in [0.3, 0.4) is 0 Å². The molecule has 1 heterocycles. The highest BCUT2D eigenvalue weighted by Gasteiger charge is 2.08. The predicted octanol–water partition coefficient (Wildman–Crippen LogP) is 2.79. The Morgan fingerprint density at radius 3 is 2.20 bits per heavy atom. The number of aromatic nitrogens is 2. The minimum atomic E-state index is -3.74. The Morgan fingerprint density at radius 2 is 1.57 bits per heavy atom. The highest BCUT2D eigenvalue weighted by Crippen LogP contribution is 2.25. The maximum Gasteiger partial charge on any atom is 0.248 e. The van der Waals surface area contributed by atoms with Crippen LogP contribution in [0.1, 0.15) is 10.4 Å². The lowest BCUT2D eigenvalue weighted by molar-refractivity contribution is 0.100. The van der Waals surface area contributed by atoms with Gasteiger partial charge in [0.25, 0.3) is 0 Å². The van der Waals surface area contributed by atoms with Crippen molar-refractivity contribution in [2.75, 3.05) is 5.32 Å². The van der Waals surface area contributed by atoms with Crippen molar-refractivity contribution in [1.82, 2.24) is 9.97 Å². The Bertz CT molecular complexity index is 1350. The average Bonchev–Trinajstić information content (AvgIpc) is 2.73. The smallest absolute Gasteiger partial charge is 0.248 e. The molecule has 1 aromatic heterocycles. The second kappa shape index (κ2) is 7.54. The van der Waals surface area contributed by atoms with Gasteiger partial charge < -0.3 is 11.1 Å². The van der Waals surface area contributed by atoms with E-state index in [0.29, 0.717) is 17.2 Å². The predicted molar refractivity (Wildman–Crippen MR) is 115 cm³/mol. The number of rotatable bonds is 5. The molecule has 0 saturated carbocycles. The van der Waals surface area contributed by atoms with Crippen molar-refractivity contribution in [2.45, 2.75) is 4.90 Å². The Balaban J connectivity index is 1.62. The number of carbonyl (C=O) groups is 1. The lowest BCUT2D eigenvalue weighted by atomic mass is 10.0. The van der Waals surface area contributed by atoms with Crippen LogP contribution in [0.15, 0.2) is 77.8 Å². The number of nitrogens with zero attached hydrogens (tertiary/aromatic N) is 2. The van der Waals surface area contributed by atoms with Gasteiger partial charge in [0.1, 0.15) is 0 Å². The number of primary sulfonamides is 1. The summed E-state index contributed by atoms with van der Waals surface area (Å²) in [5.74, 6) is -0.104. The van der Waals surface area contributed by atoms with E-state index in [1.165, 1.54) is 12.1 Å². The van der Waals surface area contributed by atoms with Crippen LogP contribution < -0.4 is 16.2 Å². The second-order valence-corrected chi connectivity index (χ2v) is 8.16. The summed E-state index contributed by atoms with van der Waals surface area (Å²) in [7, 11) is -3.74. The zero-order valence-corrected chi connectivity index (χ0v) is 16.4. The molecule has 8 nitrogen and oxygen atoms in total. The average molecular weight is 419 g/mol. The Morgan fingerprint density at radius 1 is 0.900 bits per heavy atom. The number of benzene rings is 3. The Hall–Kier alpha value is -3.82. The number of sulfonamides is 1. The van der Waals surface area contributed by atoms with Gasteiger partial charge in [-0.2, -0.15) is 0 Å². The largest absolute Gasteiger partial charge is 0.366 e. The van der Waals surface area contributed by atoms with Crippen molar-refractivity contribution >= 4 is 38.5 Å². The molecule has 0 aliphatic carbocycles. The van der Waals surface area contributed by atoms with Crippen LogP contribution in [0.4, 0.5) is 11.6 Å². The quantitative estimate of drug-likeness (QED) is 0.454. The van der Waals surface area contributed by atoms with E-state index in [1.54, 1.807) is 30.5 Å². The second-order valence-electron chi connectivity index (χ2n) is 6.60. The molecule has 9 heteroatoms. The van der Waals surface area contributed by atoms with Gasteiger partial charge in [-0.3, -0.25) is 4.79 Å². The molecule has 0 atom stereocenters. The molecule has 3 aromatic carbocycles. The summed E-state index contributed by atoms with van der Waals surface area (Å²) in [6, 6.07) is 18.8. The molecule has 0 unspecified atom stereocenters. The van der Waals surface area contributed by atoms with Crippen molar-refractivity contribution in [3.8, 4) is 11.1 Å². The van der Waals surface area contributed by atoms with E-state index in [4.69, 9.17) is 10.9 Å². The number of hydrogen-bond acceptors (Lipinski definition) is 6. The molecule has 0 spiro atoms. The number of nitrogens with one attached hydrogen (secondary N) is 1. The van der Waals surface area contributed by atoms with E-state index in [-0.39, 0.29) is 4.90 Å². The van der Waals surface area contributed by atoms with Gasteiger partial charge in [-0.05, 0) is 53.6 Å². The number of amides is 1. The van der Waals surface area contributed by atoms with E-state index in [9.17, 15) is 13.2 Å². The summed E-state index contributed by atoms with van der Waals surface area (Å²) in [6.07, 6.45) is 1.70. The first kappa shape index (κ1) is 19.5. The topological polar surface area (TPSA) is 141 Å². The monoisotopic (exact) mass is 419 g/mol. The maximum absolute atomic E-state index is 11.4. The van der Waals surface area contributed by atoms with Gasteiger partial charge in [-0.15, -0.1) is 0 Å². The highest BCUT2D eigenvalue weighted by atomic mass is 32.2. The molecule has 0 fully saturated rings. The molecule has 0 aliphatic rings. The van der Waals surface area contributed by atoms with Gasteiger partial charge in [0.15, 0.2) is 0 Å². The fourth-order valence-corrected chi connectivity index (χ4v) is 3.46. The standard InChI is InChI=1S/C21H17N5O3S/c22-20(27)14-3-1-13(2-4-14)15-5-6-16-12-24-21(26-19(16)11-15)25-17-7-9-18(10-8-17)30(23,28)29/h1-12H,(H2,22,27)(H2,23,28,29)(H,24,25,26). The summed E-state index contributed by atoms with van der Waals surface area (Å²) < 4.78 is 22.7. The lowest BCUT2D eigenvalue weighted by Crippen LogP contribution is -2.11. The number of primary amides is 1. The van der Waals surface area contributed by atoms with Gasteiger partial charge >= 0.3 is 0 Å². The van der Waals surface area contributed by atoms with E-state index in [0.717, 1.165) is 22.0 Å². The molecule has 0 bridgehead atoms. The van der Waals surface area contributed by atoms with E-state index in [2.05, 4.69) is 15.3 Å². The third-order valence-electron chi connectivity index (χ3n) is 4.52. The molecular formula is C21H17N5O3S. The molecule has 0 radical (unpaired) electrons.